The lowest BCUT2D eigenvalue weighted by Gasteiger charge is -2.36. The molecule has 2 rings (SSSR count). The van der Waals surface area contributed by atoms with Crippen molar-refractivity contribution in [2.75, 3.05) is 13.6 Å². The van der Waals surface area contributed by atoms with Gasteiger partial charge in [-0.2, -0.15) is 0 Å². The second kappa shape index (κ2) is 5.38. The summed E-state index contributed by atoms with van der Waals surface area (Å²) in [4.78, 5) is 13.7. The van der Waals surface area contributed by atoms with Gasteiger partial charge in [0.1, 0.15) is 5.82 Å². The van der Waals surface area contributed by atoms with Crippen LogP contribution in [-0.4, -0.2) is 24.5 Å². The molecule has 1 saturated heterocycles. The minimum absolute atomic E-state index is 0.0524. The molecule has 1 aromatic carbocycles. The number of nitrogens with one attached hydrogen (secondary N) is 1. The van der Waals surface area contributed by atoms with Crippen LogP contribution in [0.1, 0.15) is 36.4 Å². The third-order valence-electron chi connectivity index (χ3n) is 3.57. The standard InChI is InChI=1S/C14H19FN2O/c1-10-9-11(15)6-7-12(10)13-5-3-4-8-17(13)14(18)16-2/h6-7,9,13H,3-5,8H2,1-2H3,(H,16,18). The van der Waals surface area contributed by atoms with Crippen LogP contribution in [0.3, 0.4) is 0 Å². The number of amides is 2. The lowest BCUT2D eigenvalue weighted by atomic mass is 9.92. The van der Waals surface area contributed by atoms with Crippen LogP contribution in [0.5, 0.6) is 0 Å². The van der Waals surface area contributed by atoms with Crippen molar-refractivity contribution in [3.8, 4) is 0 Å². The van der Waals surface area contributed by atoms with E-state index in [0.29, 0.717) is 0 Å². The Balaban J connectivity index is 2.30. The molecule has 1 fully saturated rings. The summed E-state index contributed by atoms with van der Waals surface area (Å²) in [5.41, 5.74) is 1.97. The molecule has 0 bridgehead atoms. The topological polar surface area (TPSA) is 32.3 Å². The molecule has 2 amide bonds. The lowest BCUT2D eigenvalue weighted by molar-refractivity contribution is 0.153. The molecular formula is C14H19FN2O. The normalized spacial score (nSPS) is 19.7. The van der Waals surface area contributed by atoms with Gasteiger partial charge in [0.2, 0.25) is 0 Å². The monoisotopic (exact) mass is 250 g/mol. The van der Waals surface area contributed by atoms with Gasteiger partial charge < -0.3 is 10.2 Å². The third-order valence-corrected chi connectivity index (χ3v) is 3.57. The van der Waals surface area contributed by atoms with E-state index in [9.17, 15) is 9.18 Å². The van der Waals surface area contributed by atoms with Gasteiger partial charge in [-0.15, -0.1) is 0 Å². The van der Waals surface area contributed by atoms with Gasteiger partial charge in [-0.05, 0) is 49.4 Å². The average Bonchev–Trinajstić information content (AvgIpc) is 2.38. The van der Waals surface area contributed by atoms with E-state index >= 15 is 0 Å². The first-order valence-electron chi connectivity index (χ1n) is 6.38. The highest BCUT2D eigenvalue weighted by Crippen LogP contribution is 2.32. The molecular weight excluding hydrogens is 231 g/mol. The van der Waals surface area contributed by atoms with Crippen LogP contribution in [0.15, 0.2) is 18.2 Å². The van der Waals surface area contributed by atoms with Crippen molar-refractivity contribution in [3.05, 3.63) is 35.1 Å². The number of hydrogen-bond acceptors (Lipinski definition) is 1. The maximum absolute atomic E-state index is 13.1. The summed E-state index contributed by atoms with van der Waals surface area (Å²) >= 11 is 0. The maximum Gasteiger partial charge on any atom is 0.317 e. The molecule has 0 aliphatic carbocycles. The molecule has 0 saturated carbocycles. The average molecular weight is 250 g/mol. The van der Waals surface area contributed by atoms with Crippen LogP contribution in [0.25, 0.3) is 0 Å². The van der Waals surface area contributed by atoms with E-state index in [1.807, 2.05) is 11.8 Å². The second-order valence-electron chi connectivity index (χ2n) is 4.76. The number of aryl methyl sites for hydroxylation is 1. The minimum atomic E-state index is -0.224. The Labute approximate surface area is 107 Å². The molecule has 1 N–H and O–H groups in total. The molecule has 1 aliphatic heterocycles. The van der Waals surface area contributed by atoms with Gasteiger partial charge in [0.25, 0.3) is 0 Å². The number of likely N-dealkylation sites (tertiary alicyclic amines) is 1. The van der Waals surface area contributed by atoms with Gasteiger partial charge in [0.15, 0.2) is 0 Å². The Morgan fingerprint density at radius 1 is 1.44 bits per heavy atom. The summed E-state index contributed by atoms with van der Waals surface area (Å²) in [5.74, 6) is -0.224. The van der Waals surface area contributed by atoms with Crippen molar-refractivity contribution in [1.29, 1.82) is 0 Å². The molecule has 1 aliphatic rings. The molecule has 3 nitrogen and oxygen atoms in total. The van der Waals surface area contributed by atoms with Crippen molar-refractivity contribution in [2.45, 2.75) is 32.2 Å². The van der Waals surface area contributed by atoms with E-state index in [1.54, 1.807) is 13.1 Å². The van der Waals surface area contributed by atoms with Crippen molar-refractivity contribution >= 4 is 6.03 Å². The Kier molecular flexibility index (Phi) is 3.84. The van der Waals surface area contributed by atoms with Crippen LogP contribution in [0.2, 0.25) is 0 Å². The van der Waals surface area contributed by atoms with E-state index in [1.165, 1.54) is 12.1 Å². The number of carbonyl (C=O) groups is 1. The van der Waals surface area contributed by atoms with E-state index in [-0.39, 0.29) is 17.9 Å². The number of benzene rings is 1. The smallest absolute Gasteiger partial charge is 0.317 e. The number of urea groups is 1. The maximum atomic E-state index is 13.1. The Bertz CT molecular complexity index is 447. The summed E-state index contributed by atoms with van der Waals surface area (Å²) in [6.07, 6.45) is 3.08. The van der Waals surface area contributed by atoms with Gasteiger partial charge in [-0.1, -0.05) is 6.07 Å². The van der Waals surface area contributed by atoms with Crippen molar-refractivity contribution in [1.82, 2.24) is 10.2 Å². The molecule has 1 heterocycles. The predicted molar refractivity (Wildman–Crippen MR) is 68.9 cm³/mol. The van der Waals surface area contributed by atoms with Crippen LogP contribution in [-0.2, 0) is 0 Å². The van der Waals surface area contributed by atoms with E-state index in [0.717, 1.165) is 36.9 Å². The van der Waals surface area contributed by atoms with Gasteiger partial charge >= 0.3 is 6.03 Å². The number of piperidine rings is 1. The summed E-state index contributed by atoms with van der Waals surface area (Å²) in [5, 5.41) is 2.68. The quantitative estimate of drug-likeness (QED) is 0.816. The number of halogens is 1. The SMILES string of the molecule is CNC(=O)N1CCCCC1c1ccc(F)cc1C. The Morgan fingerprint density at radius 3 is 2.89 bits per heavy atom. The van der Waals surface area contributed by atoms with Crippen LogP contribution >= 0.6 is 0 Å². The zero-order valence-corrected chi connectivity index (χ0v) is 10.9. The van der Waals surface area contributed by atoms with Crippen LogP contribution in [0.4, 0.5) is 9.18 Å². The molecule has 98 valence electrons. The number of nitrogens with zero attached hydrogens (tertiary/aromatic N) is 1. The molecule has 1 unspecified atom stereocenters. The Morgan fingerprint density at radius 2 is 2.22 bits per heavy atom. The summed E-state index contributed by atoms with van der Waals surface area (Å²) in [6, 6.07) is 4.82. The van der Waals surface area contributed by atoms with E-state index in [2.05, 4.69) is 5.32 Å². The summed E-state index contributed by atoms with van der Waals surface area (Å²) < 4.78 is 13.1. The van der Waals surface area contributed by atoms with Gasteiger partial charge in [0, 0.05) is 13.6 Å². The minimum Gasteiger partial charge on any atom is -0.341 e. The fourth-order valence-electron chi connectivity index (χ4n) is 2.65. The number of hydrogen-bond donors (Lipinski definition) is 1. The number of carbonyl (C=O) groups excluding carboxylic acids is 1. The first-order valence-corrected chi connectivity index (χ1v) is 6.38. The highest BCUT2D eigenvalue weighted by Gasteiger charge is 2.28. The molecule has 0 aromatic heterocycles. The molecule has 1 aromatic rings. The third kappa shape index (κ3) is 2.47. The number of rotatable bonds is 1. The Hall–Kier alpha value is -1.58. The summed E-state index contributed by atoms with van der Waals surface area (Å²) in [6.45, 7) is 2.66. The highest BCUT2D eigenvalue weighted by atomic mass is 19.1. The first kappa shape index (κ1) is 12.9. The van der Waals surface area contributed by atoms with E-state index in [4.69, 9.17) is 0 Å². The fraction of sp³-hybridized carbons (Fsp3) is 0.500. The predicted octanol–water partition coefficient (Wildman–Crippen LogP) is 3.00. The zero-order chi connectivity index (χ0) is 13.1. The molecule has 0 radical (unpaired) electrons. The van der Waals surface area contributed by atoms with Gasteiger partial charge in [0.05, 0.1) is 6.04 Å². The first-order chi connectivity index (χ1) is 8.63. The van der Waals surface area contributed by atoms with Crippen molar-refractivity contribution in [2.24, 2.45) is 0 Å². The van der Waals surface area contributed by atoms with Gasteiger partial charge in [-0.3, -0.25) is 0 Å². The van der Waals surface area contributed by atoms with Gasteiger partial charge in [-0.25, -0.2) is 9.18 Å². The molecule has 0 spiro atoms. The fourth-order valence-corrected chi connectivity index (χ4v) is 2.65. The van der Waals surface area contributed by atoms with Crippen LogP contribution < -0.4 is 5.32 Å². The zero-order valence-electron chi connectivity index (χ0n) is 10.9. The van der Waals surface area contributed by atoms with Crippen LogP contribution in [0, 0.1) is 12.7 Å². The molecule has 18 heavy (non-hydrogen) atoms. The lowest BCUT2D eigenvalue weighted by Crippen LogP contribution is -2.43. The molecule has 1 atom stereocenters. The summed E-state index contributed by atoms with van der Waals surface area (Å²) in [7, 11) is 1.64. The second-order valence-corrected chi connectivity index (χ2v) is 4.76. The van der Waals surface area contributed by atoms with E-state index < -0.39 is 0 Å². The van der Waals surface area contributed by atoms with Crippen molar-refractivity contribution in [3.63, 3.8) is 0 Å². The highest BCUT2D eigenvalue weighted by molar-refractivity contribution is 5.74. The largest absolute Gasteiger partial charge is 0.341 e. The molecule has 4 heteroatoms. The van der Waals surface area contributed by atoms with Crippen molar-refractivity contribution < 1.29 is 9.18 Å².